The molecule has 0 saturated carbocycles. The van der Waals surface area contributed by atoms with Crippen molar-refractivity contribution < 1.29 is 36.3 Å². The minimum atomic E-state index is -4.64. The Labute approximate surface area is 162 Å². The molecule has 1 saturated heterocycles. The first kappa shape index (κ1) is 20.6. The van der Waals surface area contributed by atoms with E-state index in [9.17, 15) is 31.5 Å². The van der Waals surface area contributed by atoms with Gasteiger partial charge in [-0.2, -0.15) is 22.0 Å². The van der Waals surface area contributed by atoms with Gasteiger partial charge in [0.15, 0.2) is 0 Å². The van der Waals surface area contributed by atoms with Crippen LogP contribution in [0.2, 0.25) is 0 Å². The van der Waals surface area contributed by atoms with E-state index in [1.165, 1.54) is 49.4 Å². The highest BCUT2D eigenvalue weighted by atomic mass is 19.4. The number of urea groups is 1. The SMILES string of the molecule is C[C@]1(c2ccc(OC(F)F)cc2)NC(=O)N(Cc2ccccc2C(F)(F)F)C1=O. The van der Waals surface area contributed by atoms with Gasteiger partial charge in [-0.3, -0.25) is 9.69 Å². The number of rotatable bonds is 5. The van der Waals surface area contributed by atoms with Crippen molar-refractivity contribution in [3.8, 4) is 5.75 Å². The Balaban J connectivity index is 1.87. The van der Waals surface area contributed by atoms with Crippen molar-refractivity contribution in [2.75, 3.05) is 0 Å². The van der Waals surface area contributed by atoms with Crippen LogP contribution in [-0.4, -0.2) is 23.4 Å². The van der Waals surface area contributed by atoms with E-state index < -0.39 is 42.4 Å². The molecule has 1 aliphatic rings. The number of ether oxygens (including phenoxy) is 1. The van der Waals surface area contributed by atoms with Crippen molar-refractivity contribution in [3.05, 3.63) is 65.2 Å². The van der Waals surface area contributed by atoms with Crippen molar-refractivity contribution in [3.63, 3.8) is 0 Å². The highest BCUT2D eigenvalue weighted by Gasteiger charge is 2.49. The highest BCUT2D eigenvalue weighted by molar-refractivity contribution is 6.07. The summed E-state index contributed by atoms with van der Waals surface area (Å²) in [7, 11) is 0. The molecule has 10 heteroatoms. The molecule has 154 valence electrons. The molecule has 0 bridgehead atoms. The van der Waals surface area contributed by atoms with Crippen LogP contribution in [0.25, 0.3) is 0 Å². The summed E-state index contributed by atoms with van der Waals surface area (Å²) in [6.45, 7) is -2.21. The number of carbonyl (C=O) groups excluding carboxylic acids is 2. The van der Waals surface area contributed by atoms with E-state index in [0.29, 0.717) is 4.90 Å². The smallest absolute Gasteiger partial charge is 0.416 e. The lowest BCUT2D eigenvalue weighted by Crippen LogP contribution is -2.40. The minimum Gasteiger partial charge on any atom is -0.435 e. The van der Waals surface area contributed by atoms with Gasteiger partial charge in [0.05, 0.1) is 12.1 Å². The Morgan fingerprint density at radius 1 is 1.07 bits per heavy atom. The molecule has 2 aromatic carbocycles. The maximum atomic E-state index is 13.2. The van der Waals surface area contributed by atoms with Gasteiger partial charge in [0.25, 0.3) is 5.91 Å². The molecule has 0 unspecified atom stereocenters. The molecule has 1 atom stereocenters. The highest BCUT2D eigenvalue weighted by Crippen LogP contribution is 2.35. The molecule has 29 heavy (non-hydrogen) atoms. The zero-order valence-electron chi connectivity index (χ0n) is 15.0. The van der Waals surface area contributed by atoms with Crippen LogP contribution in [0, 0.1) is 0 Å². The first-order valence-corrected chi connectivity index (χ1v) is 8.37. The van der Waals surface area contributed by atoms with E-state index in [4.69, 9.17) is 0 Å². The van der Waals surface area contributed by atoms with Crippen LogP contribution in [0.1, 0.15) is 23.6 Å². The zero-order chi connectivity index (χ0) is 21.4. The Morgan fingerprint density at radius 3 is 2.28 bits per heavy atom. The average Bonchev–Trinajstić information content (AvgIpc) is 2.85. The lowest BCUT2D eigenvalue weighted by Gasteiger charge is -2.23. The summed E-state index contributed by atoms with van der Waals surface area (Å²) in [5.41, 5.74) is -2.46. The van der Waals surface area contributed by atoms with E-state index in [0.717, 1.165) is 6.07 Å². The molecule has 2 aromatic rings. The maximum absolute atomic E-state index is 13.2. The van der Waals surface area contributed by atoms with Gasteiger partial charge in [-0.25, -0.2) is 4.79 Å². The Bertz CT molecular complexity index is 930. The largest absolute Gasteiger partial charge is 0.435 e. The number of amides is 3. The van der Waals surface area contributed by atoms with Crippen LogP contribution in [0.3, 0.4) is 0 Å². The predicted molar refractivity (Wildman–Crippen MR) is 91.0 cm³/mol. The molecule has 0 aromatic heterocycles. The minimum absolute atomic E-state index is 0.139. The van der Waals surface area contributed by atoms with Crippen LogP contribution in [0.15, 0.2) is 48.5 Å². The van der Waals surface area contributed by atoms with Gasteiger partial charge in [0.1, 0.15) is 11.3 Å². The van der Waals surface area contributed by atoms with Gasteiger partial charge < -0.3 is 10.1 Å². The molecule has 0 aliphatic carbocycles. The fraction of sp³-hybridized carbons (Fsp3) is 0.263. The van der Waals surface area contributed by atoms with E-state index in [1.54, 1.807) is 0 Å². The van der Waals surface area contributed by atoms with Crippen molar-refractivity contribution in [1.82, 2.24) is 10.2 Å². The number of imide groups is 1. The van der Waals surface area contributed by atoms with E-state index >= 15 is 0 Å². The molecule has 0 spiro atoms. The number of nitrogens with zero attached hydrogens (tertiary/aromatic N) is 1. The standard InChI is InChI=1S/C19H15F5N2O3/c1-18(12-6-8-13(9-7-12)29-16(20)21)15(27)26(17(28)25-18)10-11-4-2-3-5-14(11)19(22,23)24/h2-9,16H,10H2,1H3,(H,25,28)/t18-/m1/s1. The number of benzene rings is 2. The van der Waals surface area contributed by atoms with Gasteiger partial charge in [-0.05, 0) is 36.2 Å². The Hall–Kier alpha value is -3.17. The van der Waals surface area contributed by atoms with E-state index in [2.05, 4.69) is 10.1 Å². The molecule has 3 amide bonds. The summed E-state index contributed by atoms with van der Waals surface area (Å²) in [6.07, 6.45) is -4.64. The van der Waals surface area contributed by atoms with Crippen LogP contribution in [-0.2, 0) is 23.1 Å². The van der Waals surface area contributed by atoms with Crippen molar-refractivity contribution in [1.29, 1.82) is 0 Å². The topological polar surface area (TPSA) is 58.6 Å². The number of alkyl halides is 5. The van der Waals surface area contributed by atoms with Gasteiger partial charge in [-0.15, -0.1) is 0 Å². The predicted octanol–water partition coefficient (Wildman–Crippen LogP) is 4.27. The second-order valence-electron chi connectivity index (χ2n) is 6.50. The third-order valence-corrected chi connectivity index (χ3v) is 4.58. The summed E-state index contributed by atoms with van der Waals surface area (Å²) in [6, 6.07) is 8.84. The quantitative estimate of drug-likeness (QED) is 0.587. The zero-order valence-corrected chi connectivity index (χ0v) is 15.0. The molecule has 0 radical (unpaired) electrons. The first-order chi connectivity index (χ1) is 13.5. The number of hydrogen-bond donors (Lipinski definition) is 1. The van der Waals surface area contributed by atoms with Crippen LogP contribution >= 0.6 is 0 Å². The van der Waals surface area contributed by atoms with Gasteiger partial charge in [0, 0.05) is 0 Å². The molecule has 1 aliphatic heterocycles. The molecule has 3 rings (SSSR count). The van der Waals surface area contributed by atoms with E-state index in [-0.39, 0.29) is 16.9 Å². The fourth-order valence-corrected chi connectivity index (χ4v) is 3.11. The second kappa shape index (κ2) is 7.34. The third-order valence-electron chi connectivity index (χ3n) is 4.58. The summed E-state index contributed by atoms with van der Waals surface area (Å²) in [5.74, 6) is -0.901. The molecule has 1 fully saturated rings. The lowest BCUT2D eigenvalue weighted by molar-refractivity contribution is -0.139. The van der Waals surface area contributed by atoms with Crippen LogP contribution < -0.4 is 10.1 Å². The van der Waals surface area contributed by atoms with Gasteiger partial charge in [-0.1, -0.05) is 30.3 Å². The molecule has 1 N–H and O–H groups in total. The molecular weight excluding hydrogens is 399 g/mol. The molecular formula is C19H15F5N2O3. The third kappa shape index (κ3) is 4.01. The van der Waals surface area contributed by atoms with Gasteiger partial charge in [0.2, 0.25) is 0 Å². The average molecular weight is 414 g/mol. The summed E-state index contributed by atoms with van der Waals surface area (Å²) < 4.78 is 68.3. The Morgan fingerprint density at radius 2 is 1.69 bits per heavy atom. The molecule has 1 heterocycles. The fourth-order valence-electron chi connectivity index (χ4n) is 3.11. The number of nitrogens with one attached hydrogen (secondary N) is 1. The summed E-state index contributed by atoms with van der Waals surface area (Å²) in [4.78, 5) is 25.9. The van der Waals surface area contributed by atoms with Crippen LogP contribution in [0.5, 0.6) is 5.75 Å². The number of halogens is 5. The summed E-state index contributed by atoms with van der Waals surface area (Å²) in [5, 5.41) is 2.45. The first-order valence-electron chi connectivity index (χ1n) is 8.37. The molecule has 5 nitrogen and oxygen atoms in total. The monoisotopic (exact) mass is 414 g/mol. The Kier molecular flexibility index (Phi) is 5.20. The number of carbonyl (C=O) groups is 2. The van der Waals surface area contributed by atoms with Crippen molar-refractivity contribution in [2.45, 2.75) is 31.8 Å². The summed E-state index contributed by atoms with van der Waals surface area (Å²) >= 11 is 0. The van der Waals surface area contributed by atoms with Gasteiger partial charge >= 0.3 is 18.8 Å². The van der Waals surface area contributed by atoms with Crippen molar-refractivity contribution >= 4 is 11.9 Å². The normalized spacial score (nSPS) is 19.6. The number of hydrogen-bond acceptors (Lipinski definition) is 3. The van der Waals surface area contributed by atoms with E-state index in [1.807, 2.05) is 0 Å². The maximum Gasteiger partial charge on any atom is 0.416 e. The van der Waals surface area contributed by atoms with Crippen LogP contribution in [0.4, 0.5) is 26.7 Å². The van der Waals surface area contributed by atoms with Crippen molar-refractivity contribution in [2.24, 2.45) is 0 Å². The second-order valence-corrected chi connectivity index (χ2v) is 6.50. The lowest BCUT2D eigenvalue weighted by atomic mass is 9.92.